The van der Waals surface area contributed by atoms with Gasteiger partial charge in [-0.3, -0.25) is 4.79 Å². The molecule has 3 aromatic carbocycles. The van der Waals surface area contributed by atoms with Crippen LogP contribution >= 0.6 is 0 Å². The average Bonchev–Trinajstić information content (AvgIpc) is 3.51. The molecule has 0 spiro atoms. The first-order valence-electron chi connectivity index (χ1n) is 11.3. The Morgan fingerprint density at radius 2 is 1.73 bits per heavy atom. The second kappa shape index (κ2) is 9.46. The molecule has 9 heteroatoms. The fourth-order valence-corrected chi connectivity index (χ4v) is 4.20. The standard InChI is InChI=1S/C28H22N2O7/c31-22-8-6-16(12-24(22)33)25-13-19-15(5-9-23(32)27(19)37-25)7-10-26(34)30-21(28(35)36)11-17-14-29-20-4-2-1-3-18(17)20/h1-10,12-14,21,29,31-33H,11H2,(H,30,34)(H,35,36)/b10-7+/t21-/m0/s1. The van der Waals surface area contributed by atoms with Crippen LogP contribution in [-0.4, -0.2) is 43.3 Å². The second-order valence-corrected chi connectivity index (χ2v) is 8.53. The minimum Gasteiger partial charge on any atom is -0.504 e. The van der Waals surface area contributed by atoms with Gasteiger partial charge >= 0.3 is 5.97 Å². The molecule has 6 N–H and O–H groups in total. The number of H-pyrrole nitrogens is 1. The molecule has 0 unspecified atom stereocenters. The van der Waals surface area contributed by atoms with Gasteiger partial charge in [-0.15, -0.1) is 0 Å². The number of phenols is 3. The first-order valence-corrected chi connectivity index (χ1v) is 11.3. The van der Waals surface area contributed by atoms with Gasteiger partial charge in [-0.2, -0.15) is 0 Å². The lowest BCUT2D eigenvalue weighted by Crippen LogP contribution is -2.41. The molecule has 0 aliphatic heterocycles. The van der Waals surface area contributed by atoms with E-state index in [1.54, 1.807) is 24.4 Å². The number of carboxylic acid groups (broad SMARTS) is 1. The van der Waals surface area contributed by atoms with Crippen LogP contribution in [0.5, 0.6) is 17.2 Å². The summed E-state index contributed by atoms with van der Waals surface area (Å²) in [6.45, 7) is 0. The molecular formula is C28H22N2O7. The van der Waals surface area contributed by atoms with Crippen LogP contribution in [0.1, 0.15) is 11.1 Å². The SMILES string of the molecule is O=C(/C=C/c1ccc(O)c2oc(-c3ccc(O)c(O)c3)cc12)N[C@@H](Cc1c[nH]c2ccccc12)C(=O)O. The number of phenolic OH excluding ortho intramolecular Hbond substituents is 3. The van der Waals surface area contributed by atoms with Crippen LogP contribution in [0.4, 0.5) is 0 Å². The topological polar surface area (TPSA) is 156 Å². The Balaban J connectivity index is 1.37. The number of fused-ring (bicyclic) bond motifs is 2. The highest BCUT2D eigenvalue weighted by atomic mass is 16.4. The molecule has 0 bridgehead atoms. The van der Waals surface area contributed by atoms with E-state index in [1.165, 1.54) is 30.4 Å². The van der Waals surface area contributed by atoms with Gasteiger partial charge in [-0.05, 0) is 53.6 Å². The largest absolute Gasteiger partial charge is 0.504 e. The normalized spacial score (nSPS) is 12.3. The molecule has 186 valence electrons. The Morgan fingerprint density at radius 1 is 0.946 bits per heavy atom. The van der Waals surface area contributed by atoms with Crippen molar-refractivity contribution in [2.24, 2.45) is 0 Å². The number of para-hydroxylation sites is 1. The lowest BCUT2D eigenvalue weighted by atomic mass is 10.0. The van der Waals surface area contributed by atoms with Gasteiger partial charge in [-0.1, -0.05) is 24.3 Å². The number of rotatable bonds is 7. The van der Waals surface area contributed by atoms with Gasteiger partial charge in [0, 0.05) is 40.5 Å². The number of carbonyl (C=O) groups is 2. The molecule has 0 aliphatic rings. The zero-order chi connectivity index (χ0) is 26.1. The number of nitrogens with one attached hydrogen (secondary N) is 2. The number of aromatic nitrogens is 1. The summed E-state index contributed by atoms with van der Waals surface area (Å²) in [6.07, 6.45) is 4.55. The van der Waals surface area contributed by atoms with Crippen LogP contribution in [0.25, 0.3) is 39.3 Å². The van der Waals surface area contributed by atoms with E-state index in [9.17, 15) is 30.0 Å². The van der Waals surface area contributed by atoms with Crippen molar-refractivity contribution in [2.75, 3.05) is 0 Å². The number of furan rings is 1. The van der Waals surface area contributed by atoms with Crippen molar-refractivity contribution in [3.05, 3.63) is 84.1 Å². The maximum atomic E-state index is 12.6. The number of benzene rings is 3. The minimum absolute atomic E-state index is 0.104. The Morgan fingerprint density at radius 3 is 2.51 bits per heavy atom. The molecular weight excluding hydrogens is 476 g/mol. The zero-order valence-electron chi connectivity index (χ0n) is 19.3. The van der Waals surface area contributed by atoms with Gasteiger partial charge in [0.05, 0.1) is 0 Å². The molecule has 0 radical (unpaired) electrons. The molecule has 1 amide bonds. The van der Waals surface area contributed by atoms with Gasteiger partial charge in [0.25, 0.3) is 0 Å². The van der Waals surface area contributed by atoms with E-state index in [0.29, 0.717) is 22.3 Å². The monoisotopic (exact) mass is 498 g/mol. The zero-order valence-corrected chi connectivity index (χ0v) is 19.3. The summed E-state index contributed by atoms with van der Waals surface area (Å²) in [5, 5.41) is 43.2. The van der Waals surface area contributed by atoms with Crippen LogP contribution < -0.4 is 5.32 Å². The summed E-state index contributed by atoms with van der Waals surface area (Å²) in [7, 11) is 0. The Labute approximate surface area is 209 Å². The third-order valence-corrected chi connectivity index (χ3v) is 6.08. The van der Waals surface area contributed by atoms with Gasteiger partial charge < -0.3 is 35.1 Å². The van der Waals surface area contributed by atoms with Crippen molar-refractivity contribution >= 4 is 39.8 Å². The van der Waals surface area contributed by atoms with Crippen LogP contribution in [0.3, 0.4) is 0 Å². The molecule has 0 saturated heterocycles. The summed E-state index contributed by atoms with van der Waals surface area (Å²) < 4.78 is 5.76. The van der Waals surface area contributed by atoms with E-state index in [-0.39, 0.29) is 29.3 Å². The molecule has 5 rings (SSSR count). The van der Waals surface area contributed by atoms with Crippen molar-refractivity contribution in [1.82, 2.24) is 10.3 Å². The summed E-state index contributed by atoms with van der Waals surface area (Å²) in [6, 6.07) is 15.2. The predicted octanol–water partition coefficient (Wildman–Crippen LogP) is 4.52. The summed E-state index contributed by atoms with van der Waals surface area (Å²) in [5.74, 6) is -2.14. The van der Waals surface area contributed by atoms with Crippen LogP contribution in [0.15, 0.2) is 77.4 Å². The fourth-order valence-electron chi connectivity index (χ4n) is 4.20. The van der Waals surface area contributed by atoms with Gasteiger partial charge in [0.2, 0.25) is 5.91 Å². The third kappa shape index (κ3) is 4.70. The van der Waals surface area contributed by atoms with E-state index in [1.807, 2.05) is 24.3 Å². The first kappa shape index (κ1) is 23.6. The number of amides is 1. The highest BCUT2D eigenvalue weighted by Gasteiger charge is 2.21. The van der Waals surface area contributed by atoms with E-state index in [2.05, 4.69) is 10.3 Å². The molecule has 37 heavy (non-hydrogen) atoms. The van der Waals surface area contributed by atoms with E-state index < -0.39 is 17.9 Å². The highest BCUT2D eigenvalue weighted by molar-refractivity contribution is 5.99. The Hall–Kier alpha value is -5.18. The lowest BCUT2D eigenvalue weighted by molar-refractivity contribution is -0.141. The third-order valence-electron chi connectivity index (χ3n) is 6.08. The van der Waals surface area contributed by atoms with Crippen molar-refractivity contribution < 1.29 is 34.4 Å². The smallest absolute Gasteiger partial charge is 0.326 e. The van der Waals surface area contributed by atoms with Crippen LogP contribution in [0.2, 0.25) is 0 Å². The van der Waals surface area contributed by atoms with Crippen LogP contribution in [0, 0.1) is 0 Å². The maximum absolute atomic E-state index is 12.6. The van der Waals surface area contributed by atoms with Crippen molar-refractivity contribution in [3.8, 4) is 28.6 Å². The number of hydrogen-bond acceptors (Lipinski definition) is 6. The number of carboxylic acids is 1. The van der Waals surface area contributed by atoms with E-state index >= 15 is 0 Å². The van der Waals surface area contributed by atoms with Gasteiger partial charge in [0.15, 0.2) is 22.8 Å². The van der Waals surface area contributed by atoms with Crippen molar-refractivity contribution in [2.45, 2.75) is 12.5 Å². The van der Waals surface area contributed by atoms with Gasteiger partial charge in [-0.25, -0.2) is 4.79 Å². The van der Waals surface area contributed by atoms with Crippen LogP contribution in [-0.2, 0) is 16.0 Å². The number of aromatic amines is 1. The molecule has 1 atom stereocenters. The number of aromatic hydroxyl groups is 3. The summed E-state index contributed by atoms with van der Waals surface area (Å²) >= 11 is 0. The number of hydrogen-bond donors (Lipinski definition) is 6. The lowest BCUT2D eigenvalue weighted by Gasteiger charge is -2.13. The predicted molar refractivity (Wildman–Crippen MR) is 137 cm³/mol. The maximum Gasteiger partial charge on any atom is 0.326 e. The summed E-state index contributed by atoms with van der Waals surface area (Å²) in [5.41, 5.74) is 2.85. The second-order valence-electron chi connectivity index (χ2n) is 8.53. The molecule has 0 fully saturated rings. The summed E-state index contributed by atoms with van der Waals surface area (Å²) in [4.78, 5) is 27.6. The Kier molecular flexibility index (Phi) is 6.02. The Bertz CT molecular complexity index is 1680. The molecule has 0 saturated carbocycles. The molecule has 2 heterocycles. The average molecular weight is 498 g/mol. The number of aliphatic carboxylic acids is 1. The molecule has 2 aromatic heterocycles. The minimum atomic E-state index is -1.16. The van der Waals surface area contributed by atoms with E-state index in [0.717, 1.165) is 16.5 Å². The molecule has 9 nitrogen and oxygen atoms in total. The highest BCUT2D eigenvalue weighted by Crippen LogP contribution is 2.37. The quantitative estimate of drug-likeness (QED) is 0.142. The van der Waals surface area contributed by atoms with Gasteiger partial charge in [0.1, 0.15) is 11.8 Å². The number of carbonyl (C=O) groups excluding carboxylic acids is 1. The van der Waals surface area contributed by atoms with Crippen molar-refractivity contribution in [3.63, 3.8) is 0 Å². The fraction of sp³-hybridized carbons (Fsp3) is 0.0714. The van der Waals surface area contributed by atoms with Crippen molar-refractivity contribution in [1.29, 1.82) is 0 Å². The molecule has 0 aliphatic carbocycles. The first-order chi connectivity index (χ1) is 17.8. The molecule has 5 aromatic rings. The van der Waals surface area contributed by atoms with E-state index in [4.69, 9.17) is 4.42 Å².